The number of nitrogen functional groups attached to an aromatic ring is 1. The van der Waals surface area contributed by atoms with Crippen LogP contribution in [0, 0.1) is 4.78 Å². The average Bonchev–Trinajstić information content (AvgIpc) is 2.51. The van der Waals surface area contributed by atoms with Gasteiger partial charge < -0.3 is 15.4 Å². The SMILES string of the molecule is N=S1(=O)CCN(c2ccc(N)c(Oc3ccccn3)c2)CC1. The van der Waals surface area contributed by atoms with Gasteiger partial charge in [0.05, 0.1) is 5.69 Å². The second-order valence-corrected chi connectivity index (χ2v) is 7.64. The molecule has 0 radical (unpaired) electrons. The van der Waals surface area contributed by atoms with E-state index in [0.29, 0.717) is 41.9 Å². The van der Waals surface area contributed by atoms with Gasteiger partial charge in [-0.3, -0.25) is 4.78 Å². The van der Waals surface area contributed by atoms with E-state index in [-0.39, 0.29) is 0 Å². The zero-order valence-corrected chi connectivity index (χ0v) is 12.9. The van der Waals surface area contributed by atoms with Crippen LogP contribution in [0.1, 0.15) is 0 Å². The highest BCUT2D eigenvalue weighted by molar-refractivity contribution is 7.92. The Morgan fingerprint density at radius 2 is 2.00 bits per heavy atom. The van der Waals surface area contributed by atoms with Gasteiger partial charge in [-0.25, -0.2) is 9.19 Å². The van der Waals surface area contributed by atoms with Gasteiger partial charge in [0.1, 0.15) is 0 Å². The lowest BCUT2D eigenvalue weighted by atomic mass is 10.2. The van der Waals surface area contributed by atoms with Crippen molar-refractivity contribution in [1.82, 2.24) is 4.98 Å². The molecule has 0 amide bonds. The second-order valence-electron chi connectivity index (χ2n) is 5.20. The Bertz CT molecular complexity index is 748. The molecule has 1 fully saturated rings. The van der Waals surface area contributed by atoms with Crippen LogP contribution in [0.15, 0.2) is 42.6 Å². The molecule has 22 heavy (non-hydrogen) atoms. The third-order valence-electron chi connectivity index (χ3n) is 3.60. The first kappa shape index (κ1) is 14.6. The van der Waals surface area contributed by atoms with Gasteiger partial charge in [0.15, 0.2) is 5.75 Å². The number of ether oxygens (including phenoxy) is 1. The summed E-state index contributed by atoms with van der Waals surface area (Å²) >= 11 is 0. The summed E-state index contributed by atoms with van der Waals surface area (Å²) in [5.41, 5.74) is 7.45. The maximum atomic E-state index is 11.7. The Morgan fingerprint density at radius 3 is 2.68 bits per heavy atom. The van der Waals surface area contributed by atoms with Crippen LogP contribution in [0.25, 0.3) is 0 Å². The molecule has 0 aliphatic carbocycles. The van der Waals surface area contributed by atoms with Crippen LogP contribution >= 0.6 is 0 Å². The van der Waals surface area contributed by atoms with E-state index in [9.17, 15) is 4.21 Å². The monoisotopic (exact) mass is 318 g/mol. The van der Waals surface area contributed by atoms with Crippen LogP contribution in [0.4, 0.5) is 11.4 Å². The molecule has 0 saturated carbocycles. The molecular formula is C15H18N4O2S. The van der Waals surface area contributed by atoms with Gasteiger partial charge in [0.2, 0.25) is 5.88 Å². The van der Waals surface area contributed by atoms with Crippen molar-refractivity contribution < 1.29 is 8.95 Å². The van der Waals surface area contributed by atoms with E-state index in [1.165, 1.54) is 0 Å². The van der Waals surface area contributed by atoms with Crippen LogP contribution in [0.2, 0.25) is 0 Å². The summed E-state index contributed by atoms with van der Waals surface area (Å²) in [6.45, 7) is 1.21. The number of hydrogen-bond donors (Lipinski definition) is 2. The minimum absolute atomic E-state index is 0.397. The summed E-state index contributed by atoms with van der Waals surface area (Å²) in [6, 6.07) is 11.0. The van der Waals surface area contributed by atoms with Crippen molar-refractivity contribution in [3.8, 4) is 11.6 Å². The minimum atomic E-state index is -2.40. The molecule has 2 heterocycles. The lowest BCUT2D eigenvalue weighted by molar-refractivity contribution is 0.465. The fraction of sp³-hybridized carbons (Fsp3) is 0.267. The van der Waals surface area contributed by atoms with Crippen molar-refractivity contribution in [2.75, 3.05) is 35.2 Å². The fourth-order valence-electron chi connectivity index (χ4n) is 2.32. The Morgan fingerprint density at radius 1 is 1.23 bits per heavy atom. The molecule has 1 aromatic carbocycles. The van der Waals surface area contributed by atoms with Crippen molar-refractivity contribution >= 4 is 21.1 Å². The van der Waals surface area contributed by atoms with Crippen LogP contribution in [0.5, 0.6) is 11.6 Å². The quantitative estimate of drug-likeness (QED) is 0.847. The summed E-state index contributed by atoms with van der Waals surface area (Å²) < 4.78 is 25.1. The number of nitrogens with zero attached hydrogens (tertiary/aromatic N) is 2. The Balaban J connectivity index is 1.81. The molecule has 0 bridgehead atoms. The number of anilines is 2. The first-order chi connectivity index (χ1) is 10.5. The second kappa shape index (κ2) is 5.84. The zero-order chi connectivity index (χ0) is 15.6. The highest BCUT2D eigenvalue weighted by Gasteiger charge is 2.20. The van der Waals surface area contributed by atoms with Crippen LogP contribution in [-0.4, -0.2) is 33.8 Å². The van der Waals surface area contributed by atoms with E-state index in [4.69, 9.17) is 15.3 Å². The van der Waals surface area contributed by atoms with E-state index >= 15 is 0 Å². The first-order valence-electron chi connectivity index (χ1n) is 7.01. The van der Waals surface area contributed by atoms with Crippen LogP contribution in [-0.2, 0) is 9.73 Å². The number of pyridine rings is 1. The minimum Gasteiger partial charge on any atom is -0.437 e. The number of hydrogen-bond acceptors (Lipinski definition) is 6. The van der Waals surface area contributed by atoms with Gasteiger partial charge >= 0.3 is 0 Å². The van der Waals surface area contributed by atoms with Gasteiger partial charge in [-0.05, 0) is 18.2 Å². The van der Waals surface area contributed by atoms with Crippen molar-refractivity contribution in [3.05, 3.63) is 42.6 Å². The van der Waals surface area contributed by atoms with E-state index in [2.05, 4.69) is 9.88 Å². The molecule has 6 nitrogen and oxygen atoms in total. The topological polar surface area (TPSA) is 92.3 Å². The van der Waals surface area contributed by atoms with Crippen molar-refractivity contribution in [2.45, 2.75) is 0 Å². The zero-order valence-electron chi connectivity index (χ0n) is 12.1. The number of nitrogens with one attached hydrogen (secondary N) is 1. The van der Waals surface area contributed by atoms with E-state index < -0.39 is 9.73 Å². The first-order valence-corrected chi connectivity index (χ1v) is 8.91. The lowest BCUT2D eigenvalue weighted by Crippen LogP contribution is -2.39. The van der Waals surface area contributed by atoms with Crippen molar-refractivity contribution in [2.24, 2.45) is 0 Å². The predicted molar refractivity (Wildman–Crippen MR) is 88.0 cm³/mol. The molecule has 0 atom stereocenters. The molecule has 0 unspecified atom stereocenters. The smallest absolute Gasteiger partial charge is 0.219 e. The molecule has 0 spiro atoms. The maximum absolute atomic E-state index is 11.7. The van der Waals surface area contributed by atoms with Crippen molar-refractivity contribution in [3.63, 3.8) is 0 Å². The highest BCUT2D eigenvalue weighted by atomic mass is 32.2. The molecule has 1 aliphatic heterocycles. The molecule has 7 heteroatoms. The van der Waals surface area contributed by atoms with Crippen LogP contribution < -0.4 is 15.4 Å². The Kier molecular flexibility index (Phi) is 3.89. The van der Waals surface area contributed by atoms with Gasteiger partial charge in [-0.2, -0.15) is 0 Å². The van der Waals surface area contributed by atoms with E-state index in [1.807, 2.05) is 24.3 Å². The van der Waals surface area contributed by atoms with E-state index in [1.54, 1.807) is 18.3 Å². The van der Waals surface area contributed by atoms with Gasteiger partial charge in [0.25, 0.3) is 0 Å². The Hall–Kier alpha value is -2.28. The third-order valence-corrected chi connectivity index (χ3v) is 5.28. The highest BCUT2D eigenvalue weighted by Crippen LogP contribution is 2.31. The molecule has 2 aromatic rings. The summed E-state index contributed by atoms with van der Waals surface area (Å²) in [7, 11) is -2.40. The number of benzene rings is 1. The summed E-state index contributed by atoms with van der Waals surface area (Å²) in [5.74, 6) is 1.83. The van der Waals surface area contributed by atoms with Gasteiger partial charge in [0, 0.05) is 58.3 Å². The van der Waals surface area contributed by atoms with Crippen molar-refractivity contribution in [1.29, 1.82) is 4.78 Å². The predicted octanol–water partition coefficient (Wildman–Crippen LogP) is 2.32. The largest absolute Gasteiger partial charge is 0.437 e. The molecule has 1 aliphatic rings. The fourth-order valence-corrected chi connectivity index (χ4v) is 3.55. The molecule has 1 saturated heterocycles. The standard InChI is InChI=1S/C15H18N4O2S/c16-13-5-4-12(19-7-9-22(17,20)10-8-19)11-14(13)21-15-3-1-2-6-18-15/h1-6,11,17H,7-10,16H2. The molecule has 1 aromatic heterocycles. The molecule has 3 rings (SSSR count). The van der Waals surface area contributed by atoms with Crippen LogP contribution in [0.3, 0.4) is 0 Å². The van der Waals surface area contributed by atoms with Gasteiger partial charge in [-0.1, -0.05) is 6.07 Å². The van der Waals surface area contributed by atoms with Gasteiger partial charge in [-0.15, -0.1) is 0 Å². The number of nitrogens with two attached hydrogens (primary N) is 1. The number of aromatic nitrogens is 1. The summed E-state index contributed by atoms with van der Waals surface area (Å²) in [4.78, 5) is 6.22. The number of rotatable bonds is 3. The summed E-state index contributed by atoms with van der Waals surface area (Å²) in [6.07, 6.45) is 1.66. The maximum Gasteiger partial charge on any atom is 0.219 e. The average molecular weight is 318 g/mol. The molecule has 3 N–H and O–H groups in total. The Labute approximate surface area is 129 Å². The van der Waals surface area contributed by atoms with E-state index in [0.717, 1.165) is 5.69 Å². The normalized spacial score (nSPS) is 17.2. The molecule has 116 valence electrons. The lowest BCUT2D eigenvalue weighted by Gasteiger charge is -2.30. The summed E-state index contributed by atoms with van der Waals surface area (Å²) in [5, 5.41) is 0. The third kappa shape index (κ3) is 3.30. The molecular weight excluding hydrogens is 300 g/mol.